The van der Waals surface area contributed by atoms with Crippen LogP contribution in [0.5, 0.6) is 0 Å². The van der Waals surface area contributed by atoms with Crippen LogP contribution in [-0.2, 0) is 11.3 Å². The van der Waals surface area contributed by atoms with Gasteiger partial charge >= 0.3 is 0 Å². The summed E-state index contributed by atoms with van der Waals surface area (Å²) in [5, 5.41) is 17.1. The lowest BCUT2D eigenvalue weighted by Gasteiger charge is -2.28. The Balaban J connectivity index is 1.68. The molecule has 0 unspecified atom stereocenters. The van der Waals surface area contributed by atoms with E-state index in [1.165, 1.54) is 17.1 Å². The number of aryl methyl sites for hydroxylation is 1. The summed E-state index contributed by atoms with van der Waals surface area (Å²) in [5.74, 6) is -0.0900. The van der Waals surface area contributed by atoms with Crippen molar-refractivity contribution in [3.63, 3.8) is 0 Å². The number of rotatable bonds is 6. The summed E-state index contributed by atoms with van der Waals surface area (Å²) in [6.07, 6.45) is -0.337. The maximum atomic E-state index is 13.0. The van der Waals surface area contributed by atoms with Gasteiger partial charge in [0.05, 0.1) is 17.2 Å². The first-order chi connectivity index (χ1) is 15.4. The first-order valence-corrected chi connectivity index (χ1v) is 10.4. The highest BCUT2D eigenvalue weighted by Crippen LogP contribution is 2.33. The third kappa shape index (κ3) is 4.58. The third-order valence-corrected chi connectivity index (χ3v) is 5.53. The molecular weight excluding hydrogens is 404 g/mol. The molecule has 0 spiro atoms. The Bertz CT molecular complexity index is 1140. The van der Waals surface area contributed by atoms with Crippen molar-refractivity contribution in [1.29, 1.82) is 0 Å². The van der Waals surface area contributed by atoms with Gasteiger partial charge in [0, 0.05) is 18.7 Å². The number of carbonyl (C=O) groups excluding carboxylic acids is 1. The summed E-state index contributed by atoms with van der Waals surface area (Å²) in [7, 11) is 0. The van der Waals surface area contributed by atoms with Gasteiger partial charge in [0.1, 0.15) is 6.17 Å². The number of non-ortho nitro benzene ring substituents is 1. The smallest absolute Gasteiger partial charge is 0.269 e. The molecule has 7 heteroatoms. The van der Waals surface area contributed by atoms with Crippen LogP contribution in [-0.4, -0.2) is 33.0 Å². The average Bonchev–Trinajstić information content (AvgIpc) is 3.09. The molecule has 7 nitrogen and oxygen atoms in total. The molecule has 1 atom stereocenters. The zero-order valence-electron chi connectivity index (χ0n) is 18.0. The SMILES string of the molecule is C/C(=N/N1C(=O)CN(Cc2ccccc2)[C@@H]1c1ccc(C)cc1)c1ccc([N+](=O)[O-])cc1. The van der Waals surface area contributed by atoms with Crippen molar-refractivity contribution < 1.29 is 9.72 Å². The van der Waals surface area contributed by atoms with E-state index in [2.05, 4.69) is 10.0 Å². The fourth-order valence-electron chi connectivity index (χ4n) is 3.83. The molecule has 3 aromatic rings. The minimum atomic E-state index is -0.435. The van der Waals surface area contributed by atoms with Crippen LogP contribution in [0.4, 0.5) is 5.69 Å². The molecule has 0 aromatic heterocycles. The van der Waals surface area contributed by atoms with Gasteiger partial charge < -0.3 is 0 Å². The summed E-state index contributed by atoms with van der Waals surface area (Å²) in [6.45, 7) is 4.71. The number of hydrazone groups is 1. The maximum absolute atomic E-state index is 13.0. The second kappa shape index (κ2) is 9.11. The van der Waals surface area contributed by atoms with Gasteiger partial charge in [-0.3, -0.25) is 19.8 Å². The van der Waals surface area contributed by atoms with Crippen LogP contribution in [0, 0.1) is 17.0 Å². The Morgan fingerprint density at radius 3 is 2.31 bits per heavy atom. The first-order valence-electron chi connectivity index (χ1n) is 10.4. The van der Waals surface area contributed by atoms with Crippen molar-refractivity contribution >= 4 is 17.3 Å². The summed E-state index contributed by atoms with van der Waals surface area (Å²) < 4.78 is 0. The van der Waals surface area contributed by atoms with Crippen LogP contribution in [0.15, 0.2) is 84.0 Å². The highest BCUT2D eigenvalue weighted by atomic mass is 16.6. The van der Waals surface area contributed by atoms with Gasteiger partial charge in [-0.15, -0.1) is 0 Å². The Hall–Kier alpha value is -3.84. The van der Waals surface area contributed by atoms with Gasteiger partial charge in [-0.2, -0.15) is 5.10 Å². The van der Waals surface area contributed by atoms with E-state index >= 15 is 0 Å². The predicted molar refractivity (Wildman–Crippen MR) is 123 cm³/mol. The van der Waals surface area contributed by atoms with E-state index in [9.17, 15) is 14.9 Å². The lowest BCUT2D eigenvalue weighted by Crippen LogP contribution is -2.29. The molecule has 1 aliphatic rings. The summed E-state index contributed by atoms with van der Waals surface area (Å²) >= 11 is 0. The summed E-state index contributed by atoms with van der Waals surface area (Å²) in [6, 6.07) is 24.4. The molecule has 1 saturated heterocycles. The minimum absolute atomic E-state index is 0.0189. The zero-order valence-corrected chi connectivity index (χ0v) is 18.0. The first kappa shape index (κ1) is 21.4. The van der Waals surface area contributed by atoms with Crippen LogP contribution in [0.3, 0.4) is 0 Å². The molecule has 0 bridgehead atoms. The number of hydrogen-bond donors (Lipinski definition) is 0. The number of nitro groups is 1. The molecule has 1 aliphatic heterocycles. The molecule has 32 heavy (non-hydrogen) atoms. The van der Waals surface area contributed by atoms with Gasteiger partial charge in [0.15, 0.2) is 0 Å². The highest BCUT2D eigenvalue weighted by molar-refractivity contribution is 5.99. The van der Waals surface area contributed by atoms with E-state index in [1.807, 2.05) is 61.5 Å². The maximum Gasteiger partial charge on any atom is 0.269 e. The molecule has 0 saturated carbocycles. The molecule has 162 valence electrons. The quantitative estimate of drug-likeness (QED) is 0.325. The molecule has 4 rings (SSSR count). The summed E-state index contributed by atoms with van der Waals surface area (Å²) in [4.78, 5) is 25.6. The minimum Gasteiger partial charge on any atom is -0.271 e. The second-order valence-electron chi connectivity index (χ2n) is 7.90. The molecule has 0 aliphatic carbocycles. The zero-order chi connectivity index (χ0) is 22.7. The van der Waals surface area contributed by atoms with Gasteiger partial charge in [-0.1, -0.05) is 60.2 Å². The number of carbonyl (C=O) groups is 1. The third-order valence-electron chi connectivity index (χ3n) is 5.53. The number of nitro benzene ring substituents is 1. The van der Waals surface area contributed by atoms with Crippen LogP contribution in [0.2, 0.25) is 0 Å². The van der Waals surface area contributed by atoms with Crippen molar-refractivity contribution in [2.24, 2.45) is 5.10 Å². The van der Waals surface area contributed by atoms with Gasteiger partial charge in [0.2, 0.25) is 0 Å². The molecule has 1 fully saturated rings. The van der Waals surface area contributed by atoms with Crippen molar-refractivity contribution in [2.75, 3.05) is 6.54 Å². The molecule has 0 N–H and O–H groups in total. The lowest BCUT2D eigenvalue weighted by atomic mass is 10.1. The standard InChI is InChI=1S/C25H24N4O3/c1-18-8-10-22(11-9-18)25-27(16-20-6-4-3-5-7-20)17-24(30)28(25)26-19(2)21-12-14-23(15-13-21)29(31)32/h3-15,25H,16-17H2,1-2H3/b26-19-/t25-/m0/s1. The average molecular weight is 428 g/mol. The Labute approximate surface area is 186 Å². The lowest BCUT2D eigenvalue weighted by molar-refractivity contribution is -0.384. The van der Waals surface area contributed by atoms with E-state index in [0.29, 0.717) is 12.3 Å². The number of nitrogens with zero attached hydrogens (tertiary/aromatic N) is 4. The van der Waals surface area contributed by atoms with E-state index < -0.39 is 4.92 Å². The van der Waals surface area contributed by atoms with Crippen molar-refractivity contribution in [2.45, 2.75) is 26.6 Å². The van der Waals surface area contributed by atoms with Crippen LogP contribution in [0.25, 0.3) is 0 Å². The summed E-state index contributed by atoms with van der Waals surface area (Å²) in [5.41, 5.74) is 4.61. The van der Waals surface area contributed by atoms with Crippen molar-refractivity contribution in [1.82, 2.24) is 9.91 Å². The molecule has 0 radical (unpaired) electrons. The van der Waals surface area contributed by atoms with E-state index in [1.54, 1.807) is 19.1 Å². The molecular formula is C25H24N4O3. The van der Waals surface area contributed by atoms with Gasteiger partial charge in [-0.05, 0) is 42.7 Å². The monoisotopic (exact) mass is 428 g/mol. The predicted octanol–water partition coefficient (Wildman–Crippen LogP) is 4.67. The second-order valence-corrected chi connectivity index (χ2v) is 7.90. The van der Waals surface area contributed by atoms with Crippen LogP contribution < -0.4 is 0 Å². The number of amides is 1. The van der Waals surface area contributed by atoms with Crippen molar-refractivity contribution in [3.8, 4) is 0 Å². The van der Waals surface area contributed by atoms with Crippen LogP contribution in [0.1, 0.15) is 35.3 Å². The normalized spacial score (nSPS) is 17.1. The topological polar surface area (TPSA) is 79.0 Å². The fourth-order valence-corrected chi connectivity index (χ4v) is 3.83. The number of hydrogen-bond acceptors (Lipinski definition) is 5. The number of benzene rings is 3. The van der Waals surface area contributed by atoms with E-state index in [4.69, 9.17) is 0 Å². The van der Waals surface area contributed by atoms with E-state index in [-0.39, 0.29) is 24.3 Å². The van der Waals surface area contributed by atoms with E-state index in [0.717, 1.165) is 22.3 Å². The highest BCUT2D eigenvalue weighted by Gasteiger charge is 2.39. The molecule has 1 amide bonds. The Morgan fingerprint density at radius 1 is 1.03 bits per heavy atom. The molecule has 3 aromatic carbocycles. The van der Waals surface area contributed by atoms with Gasteiger partial charge in [0.25, 0.3) is 11.6 Å². The Kier molecular flexibility index (Phi) is 6.09. The van der Waals surface area contributed by atoms with Crippen molar-refractivity contribution in [3.05, 3.63) is 111 Å². The Morgan fingerprint density at radius 2 is 1.69 bits per heavy atom. The largest absolute Gasteiger partial charge is 0.271 e. The molecule has 1 heterocycles. The fraction of sp³-hybridized carbons (Fsp3) is 0.200. The van der Waals surface area contributed by atoms with Gasteiger partial charge in [-0.25, -0.2) is 5.01 Å². The van der Waals surface area contributed by atoms with Crippen LogP contribution >= 0.6 is 0 Å².